The van der Waals surface area contributed by atoms with E-state index < -0.39 is 6.04 Å². The van der Waals surface area contributed by atoms with Crippen molar-refractivity contribution in [3.05, 3.63) is 30.7 Å². The first-order valence-corrected chi connectivity index (χ1v) is 10.7. The van der Waals surface area contributed by atoms with Gasteiger partial charge in [0, 0.05) is 56.4 Å². The van der Waals surface area contributed by atoms with Crippen LogP contribution in [0.4, 0.5) is 0 Å². The average Bonchev–Trinajstić information content (AvgIpc) is 3.18. The summed E-state index contributed by atoms with van der Waals surface area (Å²) in [7, 11) is 0. The second kappa shape index (κ2) is 10.8. The number of hydrogen-bond donors (Lipinski definition) is 4. The van der Waals surface area contributed by atoms with Gasteiger partial charge in [0.05, 0.1) is 17.8 Å². The molecule has 0 spiro atoms. The van der Waals surface area contributed by atoms with Crippen LogP contribution < -0.4 is 22.5 Å². The minimum Gasteiger partial charge on any atom is -0.370 e. The number of amides is 2. The first-order valence-electron chi connectivity index (χ1n) is 10.7. The summed E-state index contributed by atoms with van der Waals surface area (Å²) < 4.78 is 2.06. The zero-order valence-corrected chi connectivity index (χ0v) is 17.7. The lowest BCUT2D eigenvalue weighted by atomic mass is 10.0. The van der Waals surface area contributed by atoms with E-state index in [1.807, 2.05) is 29.4 Å². The molecule has 1 aliphatic heterocycles. The van der Waals surface area contributed by atoms with Gasteiger partial charge in [-0.15, -0.1) is 0 Å². The van der Waals surface area contributed by atoms with E-state index in [9.17, 15) is 9.59 Å². The highest BCUT2D eigenvalue weighted by Gasteiger charge is 2.25. The standard InChI is InChI=1S/C21H32N8O2/c22-17(2-1-8-26-21(23)24)20(31)27-16-5-11-29(12-6-16)19(30)7-13-28-10-4-15-3-9-25-14-18(15)28/h3-4,9-10,14,16-17H,1-2,5-8,11-13,22H2,(H,27,31)(H4,23,24,26)/t17-/m0/s1. The van der Waals surface area contributed by atoms with Gasteiger partial charge in [-0.2, -0.15) is 0 Å². The highest BCUT2D eigenvalue weighted by molar-refractivity contribution is 5.82. The SMILES string of the molecule is NC(N)=NCCC[C@H](N)C(=O)NC1CCN(C(=O)CCn2ccc3ccncc32)CC1. The minimum absolute atomic E-state index is 0.0399. The Bertz CT molecular complexity index is 913. The number of rotatable bonds is 9. The minimum atomic E-state index is -0.584. The molecule has 3 rings (SSSR count). The summed E-state index contributed by atoms with van der Waals surface area (Å²) in [6.07, 6.45) is 8.64. The number of aryl methyl sites for hydroxylation is 1. The Labute approximate surface area is 181 Å². The molecule has 1 aliphatic rings. The summed E-state index contributed by atoms with van der Waals surface area (Å²) in [5.41, 5.74) is 17.5. The van der Waals surface area contributed by atoms with Crippen LogP contribution in [0.3, 0.4) is 0 Å². The van der Waals surface area contributed by atoms with Gasteiger partial charge >= 0.3 is 0 Å². The second-order valence-electron chi connectivity index (χ2n) is 7.91. The van der Waals surface area contributed by atoms with Crippen LogP contribution in [-0.2, 0) is 16.1 Å². The van der Waals surface area contributed by atoms with E-state index in [1.54, 1.807) is 6.20 Å². The molecule has 2 aromatic rings. The number of nitrogens with one attached hydrogen (secondary N) is 1. The van der Waals surface area contributed by atoms with Crippen molar-refractivity contribution >= 4 is 28.7 Å². The molecule has 0 saturated carbocycles. The molecule has 0 aliphatic carbocycles. The van der Waals surface area contributed by atoms with E-state index in [4.69, 9.17) is 17.2 Å². The number of likely N-dealkylation sites (tertiary alicyclic amines) is 1. The number of piperidine rings is 1. The van der Waals surface area contributed by atoms with E-state index in [-0.39, 0.29) is 23.8 Å². The van der Waals surface area contributed by atoms with Crippen molar-refractivity contribution in [2.45, 2.75) is 50.7 Å². The van der Waals surface area contributed by atoms with Gasteiger partial charge in [-0.05, 0) is 37.8 Å². The fraction of sp³-hybridized carbons (Fsp3) is 0.524. The molecule has 2 aromatic heterocycles. The average molecular weight is 429 g/mol. The van der Waals surface area contributed by atoms with E-state index in [0.29, 0.717) is 45.4 Å². The van der Waals surface area contributed by atoms with Crippen LogP contribution in [0.2, 0.25) is 0 Å². The zero-order valence-electron chi connectivity index (χ0n) is 17.7. The fourth-order valence-electron chi connectivity index (χ4n) is 3.83. The molecular formula is C21H32N8O2. The third kappa shape index (κ3) is 6.42. The monoisotopic (exact) mass is 428 g/mol. The van der Waals surface area contributed by atoms with Gasteiger partial charge in [0.2, 0.25) is 11.8 Å². The summed E-state index contributed by atoms with van der Waals surface area (Å²) in [6.45, 7) is 2.35. The summed E-state index contributed by atoms with van der Waals surface area (Å²) in [4.78, 5) is 34.8. The number of pyridine rings is 1. The molecule has 168 valence electrons. The molecule has 31 heavy (non-hydrogen) atoms. The van der Waals surface area contributed by atoms with Crippen LogP contribution in [0, 0.1) is 0 Å². The Hall–Kier alpha value is -3.14. The maximum atomic E-state index is 12.6. The van der Waals surface area contributed by atoms with Crippen molar-refractivity contribution in [2.24, 2.45) is 22.2 Å². The highest BCUT2D eigenvalue weighted by atomic mass is 16.2. The highest BCUT2D eigenvalue weighted by Crippen LogP contribution is 2.16. The second-order valence-corrected chi connectivity index (χ2v) is 7.91. The molecule has 0 unspecified atom stereocenters. The summed E-state index contributed by atoms with van der Waals surface area (Å²) in [6, 6.07) is 3.45. The Morgan fingerprint density at radius 3 is 2.77 bits per heavy atom. The lowest BCUT2D eigenvalue weighted by Gasteiger charge is -2.33. The van der Waals surface area contributed by atoms with Crippen molar-refractivity contribution in [1.29, 1.82) is 0 Å². The molecule has 1 atom stereocenters. The van der Waals surface area contributed by atoms with Crippen LogP contribution in [0.15, 0.2) is 35.7 Å². The van der Waals surface area contributed by atoms with Crippen LogP contribution in [-0.4, -0.2) is 63.9 Å². The molecule has 10 heteroatoms. The van der Waals surface area contributed by atoms with Gasteiger partial charge in [0.25, 0.3) is 0 Å². The fourth-order valence-corrected chi connectivity index (χ4v) is 3.83. The number of carbonyl (C=O) groups excluding carboxylic acids is 2. The predicted octanol–water partition coefficient (Wildman–Crippen LogP) is -0.0855. The lowest BCUT2D eigenvalue weighted by molar-refractivity contribution is -0.132. The van der Waals surface area contributed by atoms with Crippen LogP contribution in [0.1, 0.15) is 32.1 Å². The molecular weight excluding hydrogens is 396 g/mol. The Kier molecular flexibility index (Phi) is 7.82. The quantitative estimate of drug-likeness (QED) is 0.248. The molecule has 3 heterocycles. The smallest absolute Gasteiger partial charge is 0.237 e. The van der Waals surface area contributed by atoms with Crippen molar-refractivity contribution in [3.8, 4) is 0 Å². The van der Waals surface area contributed by atoms with Crippen molar-refractivity contribution in [3.63, 3.8) is 0 Å². The maximum absolute atomic E-state index is 12.6. The molecule has 10 nitrogen and oxygen atoms in total. The molecule has 1 saturated heterocycles. The van der Waals surface area contributed by atoms with E-state index in [2.05, 4.69) is 19.9 Å². The summed E-state index contributed by atoms with van der Waals surface area (Å²) in [5.74, 6) is 0.00701. The van der Waals surface area contributed by atoms with Crippen LogP contribution in [0.25, 0.3) is 10.9 Å². The number of nitrogens with two attached hydrogens (primary N) is 3. The number of aromatic nitrogens is 2. The zero-order chi connectivity index (χ0) is 22.2. The number of guanidine groups is 1. The number of aliphatic imine (C=N–C) groups is 1. The van der Waals surface area contributed by atoms with Gasteiger partial charge < -0.3 is 32.0 Å². The molecule has 0 aromatic carbocycles. The van der Waals surface area contributed by atoms with Crippen molar-refractivity contribution < 1.29 is 9.59 Å². The first-order chi connectivity index (χ1) is 14.9. The van der Waals surface area contributed by atoms with Gasteiger partial charge in [-0.1, -0.05) is 0 Å². The Morgan fingerprint density at radius 1 is 1.26 bits per heavy atom. The van der Waals surface area contributed by atoms with Crippen molar-refractivity contribution in [1.82, 2.24) is 19.8 Å². The topological polar surface area (TPSA) is 158 Å². The lowest BCUT2D eigenvalue weighted by Crippen LogP contribution is -2.50. The molecule has 0 bridgehead atoms. The molecule has 1 fully saturated rings. The largest absolute Gasteiger partial charge is 0.370 e. The van der Waals surface area contributed by atoms with E-state index in [1.165, 1.54) is 0 Å². The van der Waals surface area contributed by atoms with Gasteiger partial charge in [-0.25, -0.2) is 0 Å². The number of carbonyl (C=O) groups is 2. The van der Waals surface area contributed by atoms with Gasteiger partial charge in [-0.3, -0.25) is 19.6 Å². The number of hydrogen-bond acceptors (Lipinski definition) is 5. The number of fused-ring (bicyclic) bond motifs is 1. The predicted molar refractivity (Wildman–Crippen MR) is 120 cm³/mol. The van der Waals surface area contributed by atoms with Gasteiger partial charge in [0.1, 0.15) is 0 Å². The number of nitrogens with zero attached hydrogens (tertiary/aromatic N) is 4. The molecule has 7 N–H and O–H groups in total. The van der Waals surface area contributed by atoms with Gasteiger partial charge in [0.15, 0.2) is 5.96 Å². The molecule has 0 radical (unpaired) electrons. The van der Waals surface area contributed by atoms with E-state index in [0.717, 1.165) is 23.7 Å². The summed E-state index contributed by atoms with van der Waals surface area (Å²) in [5, 5.41) is 4.12. The Balaban J connectivity index is 1.37. The third-order valence-corrected chi connectivity index (χ3v) is 5.64. The maximum Gasteiger partial charge on any atom is 0.237 e. The van der Waals surface area contributed by atoms with Crippen molar-refractivity contribution in [2.75, 3.05) is 19.6 Å². The van der Waals surface area contributed by atoms with Crippen LogP contribution >= 0.6 is 0 Å². The Morgan fingerprint density at radius 2 is 2.03 bits per heavy atom. The normalized spacial score (nSPS) is 15.6. The molecule has 2 amide bonds. The first kappa shape index (κ1) is 22.5. The van der Waals surface area contributed by atoms with E-state index >= 15 is 0 Å². The summed E-state index contributed by atoms with van der Waals surface area (Å²) >= 11 is 0. The third-order valence-electron chi connectivity index (χ3n) is 5.64. The van der Waals surface area contributed by atoms with Crippen LogP contribution in [0.5, 0.6) is 0 Å².